The highest BCUT2D eigenvalue weighted by Crippen LogP contribution is 2.23. The van der Waals surface area contributed by atoms with Crippen molar-refractivity contribution < 1.29 is 4.39 Å². The summed E-state index contributed by atoms with van der Waals surface area (Å²) >= 11 is 3.41. The van der Waals surface area contributed by atoms with E-state index in [4.69, 9.17) is 0 Å². The first-order valence-electron chi connectivity index (χ1n) is 5.78. The zero-order valence-corrected chi connectivity index (χ0v) is 11.5. The number of nitrogens with zero attached hydrogens (tertiary/aromatic N) is 2. The lowest BCUT2D eigenvalue weighted by atomic mass is 10.1. The molecule has 3 aromatic rings. The molecule has 0 atom stereocenters. The van der Waals surface area contributed by atoms with Gasteiger partial charge in [0, 0.05) is 15.7 Å². The first kappa shape index (κ1) is 12.1. The van der Waals surface area contributed by atoms with Crippen LogP contribution in [0.3, 0.4) is 0 Å². The molecule has 94 valence electrons. The van der Waals surface area contributed by atoms with Crippen molar-refractivity contribution in [1.82, 2.24) is 9.55 Å². The van der Waals surface area contributed by atoms with Gasteiger partial charge in [0.25, 0.3) is 0 Å². The van der Waals surface area contributed by atoms with Crippen LogP contribution in [-0.4, -0.2) is 9.55 Å². The van der Waals surface area contributed by atoms with Gasteiger partial charge < -0.3 is 0 Å². The number of aromatic nitrogens is 2. The van der Waals surface area contributed by atoms with Crippen LogP contribution >= 0.6 is 15.9 Å². The third-order valence-corrected chi connectivity index (χ3v) is 3.41. The van der Waals surface area contributed by atoms with E-state index in [1.54, 1.807) is 24.7 Å². The molecule has 0 radical (unpaired) electrons. The lowest BCUT2D eigenvalue weighted by molar-refractivity contribution is 0.628. The summed E-state index contributed by atoms with van der Waals surface area (Å²) in [4.78, 5) is 4.18. The van der Waals surface area contributed by atoms with E-state index in [0.717, 1.165) is 21.4 Å². The molecule has 1 aromatic heterocycles. The highest BCUT2D eigenvalue weighted by atomic mass is 79.9. The highest BCUT2D eigenvalue weighted by Gasteiger charge is 2.06. The van der Waals surface area contributed by atoms with Crippen LogP contribution in [0.2, 0.25) is 0 Å². The molecular formula is C15H10BrFN2. The van der Waals surface area contributed by atoms with Gasteiger partial charge in [-0.3, -0.25) is 4.57 Å². The maximum atomic E-state index is 13.0. The van der Waals surface area contributed by atoms with Gasteiger partial charge in [0.05, 0.1) is 18.2 Å². The summed E-state index contributed by atoms with van der Waals surface area (Å²) in [6.07, 6.45) is 3.53. The lowest BCUT2D eigenvalue weighted by Gasteiger charge is -2.08. The predicted octanol–water partition coefficient (Wildman–Crippen LogP) is 4.44. The van der Waals surface area contributed by atoms with Crippen LogP contribution in [0.15, 0.2) is 65.5 Å². The van der Waals surface area contributed by atoms with Crippen molar-refractivity contribution in [2.45, 2.75) is 0 Å². The summed E-state index contributed by atoms with van der Waals surface area (Å²) in [5.74, 6) is -0.238. The summed E-state index contributed by atoms with van der Waals surface area (Å²) in [6.45, 7) is 0. The minimum Gasteiger partial charge on any atom is -0.299 e. The third kappa shape index (κ3) is 2.44. The second kappa shape index (κ2) is 4.97. The molecule has 19 heavy (non-hydrogen) atoms. The summed E-state index contributed by atoms with van der Waals surface area (Å²) in [6, 6.07) is 14.4. The molecule has 0 saturated heterocycles. The van der Waals surface area contributed by atoms with Gasteiger partial charge in [-0.1, -0.05) is 15.9 Å². The van der Waals surface area contributed by atoms with Crippen LogP contribution < -0.4 is 0 Å². The molecule has 2 aromatic carbocycles. The molecule has 0 unspecified atom stereocenters. The van der Waals surface area contributed by atoms with E-state index in [9.17, 15) is 4.39 Å². The highest BCUT2D eigenvalue weighted by molar-refractivity contribution is 9.10. The minimum atomic E-state index is -0.238. The quantitative estimate of drug-likeness (QED) is 0.683. The van der Waals surface area contributed by atoms with Gasteiger partial charge in [0.15, 0.2) is 0 Å². The van der Waals surface area contributed by atoms with Crippen LogP contribution in [0.4, 0.5) is 4.39 Å². The van der Waals surface area contributed by atoms with E-state index in [0.29, 0.717) is 0 Å². The van der Waals surface area contributed by atoms with Gasteiger partial charge >= 0.3 is 0 Å². The molecule has 0 aliphatic carbocycles. The molecule has 4 heteroatoms. The summed E-state index contributed by atoms with van der Waals surface area (Å²) in [5.41, 5.74) is 2.88. The molecule has 1 heterocycles. The Bertz CT molecular complexity index is 627. The molecule has 0 saturated carbocycles. The van der Waals surface area contributed by atoms with Crippen molar-refractivity contribution in [2.24, 2.45) is 0 Å². The Balaban J connectivity index is 2.07. The van der Waals surface area contributed by atoms with E-state index in [2.05, 4.69) is 20.9 Å². The number of hydrogen-bond donors (Lipinski definition) is 0. The Hall–Kier alpha value is -1.94. The predicted molar refractivity (Wildman–Crippen MR) is 76.7 cm³/mol. The molecule has 0 aliphatic heterocycles. The monoisotopic (exact) mass is 316 g/mol. The Morgan fingerprint density at radius 2 is 1.63 bits per heavy atom. The second-order valence-corrected chi connectivity index (χ2v) is 5.05. The molecule has 0 aliphatic rings. The topological polar surface area (TPSA) is 17.8 Å². The summed E-state index contributed by atoms with van der Waals surface area (Å²) in [5, 5.41) is 0. The van der Waals surface area contributed by atoms with Crippen LogP contribution in [0, 0.1) is 5.82 Å². The van der Waals surface area contributed by atoms with Crippen molar-refractivity contribution in [3.63, 3.8) is 0 Å². The van der Waals surface area contributed by atoms with Crippen LogP contribution in [0.1, 0.15) is 0 Å². The molecular weight excluding hydrogens is 307 g/mol. The molecule has 0 bridgehead atoms. The normalized spacial score (nSPS) is 10.6. The summed E-state index contributed by atoms with van der Waals surface area (Å²) in [7, 11) is 0. The van der Waals surface area contributed by atoms with E-state index in [1.807, 2.05) is 28.8 Å². The fourth-order valence-electron chi connectivity index (χ4n) is 1.94. The third-order valence-electron chi connectivity index (χ3n) is 2.88. The van der Waals surface area contributed by atoms with Gasteiger partial charge in [-0.2, -0.15) is 0 Å². The average Bonchev–Trinajstić information content (AvgIpc) is 2.90. The second-order valence-electron chi connectivity index (χ2n) is 4.13. The standard InChI is InChI=1S/C15H10BrFN2/c16-12-3-7-14(8-4-12)19-10-18-9-15(19)11-1-5-13(17)6-2-11/h1-10H. The van der Waals surface area contributed by atoms with Crippen LogP contribution in [-0.2, 0) is 0 Å². The van der Waals surface area contributed by atoms with Crippen molar-refractivity contribution >= 4 is 15.9 Å². The van der Waals surface area contributed by atoms with Gasteiger partial charge in [-0.05, 0) is 48.5 Å². The first-order valence-corrected chi connectivity index (χ1v) is 6.57. The number of benzene rings is 2. The Labute approximate surface area is 118 Å². The van der Waals surface area contributed by atoms with E-state index in [-0.39, 0.29) is 5.82 Å². The fraction of sp³-hybridized carbons (Fsp3) is 0. The van der Waals surface area contributed by atoms with Gasteiger partial charge in [0.1, 0.15) is 5.82 Å². The Morgan fingerprint density at radius 1 is 0.947 bits per heavy atom. The summed E-state index contributed by atoms with van der Waals surface area (Å²) < 4.78 is 16.0. The number of halogens is 2. The fourth-order valence-corrected chi connectivity index (χ4v) is 2.20. The van der Waals surface area contributed by atoms with E-state index < -0.39 is 0 Å². The number of imidazole rings is 1. The van der Waals surface area contributed by atoms with Crippen molar-refractivity contribution in [1.29, 1.82) is 0 Å². The SMILES string of the molecule is Fc1ccc(-c2cncn2-c2ccc(Br)cc2)cc1. The maximum Gasteiger partial charge on any atom is 0.123 e. The van der Waals surface area contributed by atoms with Crippen LogP contribution in [0.25, 0.3) is 16.9 Å². The van der Waals surface area contributed by atoms with E-state index >= 15 is 0 Å². The number of hydrogen-bond acceptors (Lipinski definition) is 1. The van der Waals surface area contributed by atoms with Crippen molar-refractivity contribution in [3.8, 4) is 16.9 Å². The van der Waals surface area contributed by atoms with Crippen LogP contribution in [0.5, 0.6) is 0 Å². The molecule has 0 amide bonds. The van der Waals surface area contributed by atoms with E-state index in [1.165, 1.54) is 12.1 Å². The van der Waals surface area contributed by atoms with Gasteiger partial charge in [-0.25, -0.2) is 9.37 Å². The molecule has 2 nitrogen and oxygen atoms in total. The smallest absolute Gasteiger partial charge is 0.123 e. The Kier molecular flexibility index (Phi) is 3.17. The molecule has 3 rings (SSSR count). The van der Waals surface area contributed by atoms with Crippen molar-refractivity contribution in [3.05, 3.63) is 71.3 Å². The zero-order valence-electron chi connectivity index (χ0n) is 9.92. The number of rotatable bonds is 2. The first-order chi connectivity index (χ1) is 9.24. The molecule has 0 N–H and O–H groups in total. The minimum absolute atomic E-state index is 0.238. The molecule has 0 spiro atoms. The Morgan fingerprint density at radius 3 is 2.32 bits per heavy atom. The average molecular weight is 317 g/mol. The zero-order chi connectivity index (χ0) is 13.2. The lowest BCUT2D eigenvalue weighted by Crippen LogP contribution is -1.94. The van der Waals surface area contributed by atoms with Crippen molar-refractivity contribution in [2.75, 3.05) is 0 Å². The van der Waals surface area contributed by atoms with Gasteiger partial charge in [0.2, 0.25) is 0 Å². The maximum absolute atomic E-state index is 13.0. The largest absolute Gasteiger partial charge is 0.299 e. The van der Waals surface area contributed by atoms with Gasteiger partial charge in [-0.15, -0.1) is 0 Å². The molecule has 0 fully saturated rings.